The molecular formula is C18H23ClN4O2. The Morgan fingerprint density at radius 3 is 2.80 bits per heavy atom. The zero-order valence-electron chi connectivity index (χ0n) is 14.6. The first-order valence-corrected chi connectivity index (χ1v) is 8.73. The number of ether oxygens (including phenoxy) is 1. The van der Waals surface area contributed by atoms with Crippen molar-refractivity contribution in [1.82, 2.24) is 14.7 Å². The summed E-state index contributed by atoms with van der Waals surface area (Å²) in [4.78, 5) is 16.8. The van der Waals surface area contributed by atoms with Gasteiger partial charge in [0.1, 0.15) is 5.02 Å². The molecule has 0 amide bonds. The Morgan fingerprint density at radius 2 is 2.08 bits per heavy atom. The molecule has 0 aliphatic carbocycles. The second kappa shape index (κ2) is 7.99. The molecule has 1 fully saturated rings. The number of halogens is 1. The summed E-state index contributed by atoms with van der Waals surface area (Å²) in [6.45, 7) is 3.25. The molecule has 0 bridgehead atoms. The third kappa shape index (κ3) is 4.39. The van der Waals surface area contributed by atoms with E-state index in [-0.39, 0.29) is 16.7 Å². The smallest absolute Gasteiger partial charge is 0.287 e. The molecule has 1 atom stereocenters. The predicted molar refractivity (Wildman–Crippen MR) is 99.6 cm³/mol. The molecule has 1 aliphatic rings. The van der Waals surface area contributed by atoms with Crippen LogP contribution in [0.1, 0.15) is 5.56 Å². The molecule has 0 spiro atoms. The summed E-state index contributed by atoms with van der Waals surface area (Å²) in [7, 11) is 4.03. The van der Waals surface area contributed by atoms with Crippen molar-refractivity contribution in [3.63, 3.8) is 0 Å². The van der Waals surface area contributed by atoms with E-state index in [0.29, 0.717) is 31.9 Å². The van der Waals surface area contributed by atoms with Crippen molar-refractivity contribution in [3.05, 3.63) is 57.5 Å². The zero-order valence-corrected chi connectivity index (χ0v) is 15.3. The molecule has 1 aromatic carbocycles. The molecule has 1 saturated heterocycles. The molecule has 25 heavy (non-hydrogen) atoms. The highest BCUT2D eigenvalue weighted by Crippen LogP contribution is 2.23. The number of rotatable bonds is 5. The highest BCUT2D eigenvalue weighted by Gasteiger charge is 2.24. The first kappa shape index (κ1) is 17.9. The number of aromatic nitrogens is 2. The summed E-state index contributed by atoms with van der Waals surface area (Å²) in [6, 6.07) is 9.75. The lowest BCUT2D eigenvalue weighted by Gasteiger charge is -2.35. The Hall–Kier alpha value is -1.89. The van der Waals surface area contributed by atoms with E-state index in [9.17, 15) is 4.79 Å². The third-order valence-electron chi connectivity index (χ3n) is 4.19. The summed E-state index contributed by atoms with van der Waals surface area (Å²) in [5, 5.41) is 4.54. The minimum atomic E-state index is -0.265. The van der Waals surface area contributed by atoms with E-state index in [1.807, 2.05) is 44.4 Å². The molecule has 1 unspecified atom stereocenters. The molecule has 7 heteroatoms. The summed E-state index contributed by atoms with van der Waals surface area (Å²) < 4.78 is 7.18. The fraction of sp³-hybridized carbons (Fsp3) is 0.444. The Bertz CT molecular complexity index is 763. The highest BCUT2D eigenvalue weighted by molar-refractivity contribution is 6.33. The van der Waals surface area contributed by atoms with E-state index in [1.54, 1.807) is 6.20 Å². The van der Waals surface area contributed by atoms with Gasteiger partial charge in [0.2, 0.25) is 0 Å². The summed E-state index contributed by atoms with van der Waals surface area (Å²) >= 11 is 6.39. The van der Waals surface area contributed by atoms with Gasteiger partial charge in [-0.3, -0.25) is 4.79 Å². The Kier molecular flexibility index (Phi) is 5.73. The van der Waals surface area contributed by atoms with E-state index < -0.39 is 0 Å². The molecule has 1 aromatic heterocycles. The van der Waals surface area contributed by atoms with Crippen molar-refractivity contribution in [3.8, 4) is 0 Å². The van der Waals surface area contributed by atoms with Crippen LogP contribution < -0.4 is 10.5 Å². The lowest BCUT2D eigenvalue weighted by Crippen LogP contribution is -2.47. The minimum absolute atomic E-state index is 0.0894. The average molecular weight is 363 g/mol. The van der Waals surface area contributed by atoms with Crippen LogP contribution in [0.5, 0.6) is 0 Å². The van der Waals surface area contributed by atoms with Gasteiger partial charge in [0.25, 0.3) is 5.56 Å². The minimum Gasteiger partial charge on any atom is -0.373 e. The van der Waals surface area contributed by atoms with Gasteiger partial charge in [-0.15, -0.1) is 0 Å². The molecule has 0 radical (unpaired) electrons. The third-order valence-corrected chi connectivity index (χ3v) is 4.55. The number of hydrogen-bond donors (Lipinski definition) is 0. The van der Waals surface area contributed by atoms with Crippen molar-refractivity contribution >= 4 is 17.3 Å². The van der Waals surface area contributed by atoms with Crippen LogP contribution in [0, 0.1) is 0 Å². The van der Waals surface area contributed by atoms with Gasteiger partial charge in [-0.05, 0) is 19.7 Å². The SMILES string of the molecule is CN(C)CC1CN(c2cnn(Cc3ccccc3)c(=O)c2Cl)CCO1. The van der Waals surface area contributed by atoms with E-state index in [1.165, 1.54) is 4.68 Å². The van der Waals surface area contributed by atoms with Gasteiger partial charge in [0.15, 0.2) is 0 Å². The van der Waals surface area contributed by atoms with Gasteiger partial charge in [-0.2, -0.15) is 5.10 Å². The van der Waals surface area contributed by atoms with Gasteiger partial charge >= 0.3 is 0 Å². The van der Waals surface area contributed by atoms with E-state index in [4.69, 9.17) is 16.3 Å². The first-order chi connectivity index (χ1) is 12.0. The van der Waals surface area contributed by atoms with Crippen molar-refractivity contribution in [1.29, 1.82) is 0 Å². The van der Waals surface area contributed by atoms with E-state index in [0.717, 1.165) is 12.1 Å². The lowest BCUT2D eigenvalue weighted by atomic mass is 10.2. The van der Waals surface area contributed by atoms with Crippen molar-refractivity contribution in [2.45, 2.75) is 12.6 Å². The summed E-state index contributed by atoms with van der Waals surface area (Å²) in [6.07, 6.45) is 1.77. The first-order valence-electron chi connectivity index (χ1n) is 8.35. The molecule has 0 N–H and O–H groups in total. The maximum Gasteiger partial charge on any atom is 0.287 e. The largest absolute Gasteiger partial charge is 0.373 e. The second-order valence-electron chi connectivity index (χ2n) is 6.49. The fourth-order valence-corrected chi connectivity index (χ4v) is 3.27. The molecule has 3 rings (SSSR count). The molecule has 134 valence electrons. The molecule has 2 heterocycles. The number of hydrogen-bond acceptors (Lipinski definition) is 5. The monoisotopic (exact) mass is 362 g/mol. The molecule has 6 nitrogen and oxygen atoms in total. The number of likely N-dealkylation sites (N-methyl/N-ethyl adjacent to an activating group) is 1. The maximum absolute atomic E-state index is 12.6. The van der Waals surface area contributed by atoms with Gasteiger partial charge in [0.05, 0.1) is 31.1 Å². The van der Waals surface area contributed by atoms with Crippen LogP contribution in [0.15, 0.2) is 41.3 Å². The predicted octanol–water partition coefficient (Wildman–Crippen LogP) is 1.71. The second-order valence-corrected chi connectivity index (χ2v) is 6.87. The summed E-state index contributed by atoms with van der Waals surface area (Å²) in [5.74, 6) is 0. The van der Waals surface area contributed by atoms with E-state index in [2.05, 4.69) is 14.9 Å². The van der Waals surface area contributed by atoms with Crippen LogP contribution in [0.3, 0.4) is 0 Å². The van der Waals surface area contributed by atoms with E-state index >= 15 is 0 Å². The van der Waals surface area contributed by atoms with Crippen molar-refractivity contribution < 1.29 is 4.74 Å². The lowest BCUT2D eigenvalue weighted by molar-refractivity contribution is 0.0247. The standard InChI is InChI=1S/C18H23ClN4O2/c1-21(2)12-15-13-22(8-9-25-15)16-10-20-23(18(24)17(16)19)11-14-6-4-3-5-7-14/h3-7,10,15H,8-9,11-13H2,1-2H3. The van der Waals surface area contributed by atoms with Crippen LogP contribution in [-0.2, 0) is 11.3 Å². The van der Waals surface area contributed by atoms with Crippen molar-refractivity contribution in [2.24, 2.45) is 0 Å². The Balaban J connectivity index is 1.79. The van der Waals surface area contributed by atoms with Gasteiger partial charge in [-0.1, -0.05) is 41.9 Å². The molecular weight excluding hydrogens is 340 g/mol. The molecule has 0 saturated carbocycles. The van der Waals surface area contributed by atoms with Gasteiger partial charge in [0, 0.05) is 19.6 Å². The number of morpholine rings is 1. The van der Waals surface area contributed by atoms with Crippen LogP contribution in [0.4, 0.5) is 5.69 Å². The zero-order chi connectivity index (χ0) is 17.8. The maximum atomic E-state index is 12.6. The van der Waals surface area contributed by atoms with Gasteiger partial charge < -0.3 is 14.5 Å². The summed E-state index contributed by atoms with van der Waals surface area (Å²) in [5.41, 5.74) is 1.43. The normalized spacial score (nSPS) is 17.9. The highest BCUT2D eigenvalue weighted by atomic mass is 35.5. The van der Waals surface area contributed by atoms with Crippen LogP contribution in [0.25, 0.3) is 0 Å². The number of nitrogens with zero attached hydrogens (tertiary/aromatic N) is 4. The van der Waals surface area contributed by atoms with Crippen LogP contribution >= 0.6 is 11.6 Å². The van der Waals surface area contributed by atoms with Crippen LogP contribution in [0.2, 0.25) is 5.02 Å². The van der Waals surface area contributed by atoms with Crippen LogP contribution in [-0.4, -0.2) is 61.1 Å². The van der Waals surface area contributed by atoms with Gasteiger partial charge in [-0.25, -0.2) is 4.68 Å². The molecule has 1 aliphatic heterocycles. The Labute approximate surface area is 152 Å². The topological polar surface area (TPSA) is 50.6 Å². The average Bonchev–Trinajstić information content (AvgIpc) is 2.60. The quantitative estimate of drug-likeness (QED) is 0.810. The van der Waals surface area contributed by atoms with Crippen molar-refractivity contribution in [2.75, 3.05) is 45.2 Å². The fourth-order valence-electron chi connectivity index (χ4n) is 3.00. The molecule has 2 aromatic rings. The Morgan fingerprint density at radius 1 is 1.32 bits per heavy atom. The number of anilines is 1. The number of benzene rings is 1.